The SMILES string of the molecule is COc1nc(N[C@@H]2c3ccccc3C[C@@H]2O)c(C(N)=O)nc1-c1ccc(Cl)cc1Cl. The monoisotopic (exact) mass is 444 g/mol. The number of aliphatic hydroxyl groups is 1. The fourth-order valence-corrected chi connectivity index (χ4v) is 4.08. The van der Waals surface area contributed by atoms with Gasteiger partial charge >= 0.3 is 0 Å². The maximum atomic E-state index is 12.2. The lowest BCUT2D eigenvalue weighted by atomic mass is 10.1. The molecule has 4 N–H and O–H groups in total. The van der Waals surface area contributed by atoms with Gasteiger partial charge in [0, 0.05) is 17.0 Å². The van der Waals surface area contributed by atoms with E-state index in [9.17, 15) is 9.90 Å². The average molecular weight is 445 g/mol. The third kappa shape index (κ3) is 3.67. The van der Waals surface area contributed by atoms with E-state index in [-0.39, 0.29) is 23.1 Å². The van der Waals surface area contributed by atoms with E-state index in [4.69, 9.17) is 33.7 Å². The van der Waals surface area contributed by atoms with E-state index in [0.29, 0.717) is 22.0 Å². The van der Waals surface area contributed by atoms with Crippen molar-refractivity contribution < 1.29 is 14.6 Å². The predicted molar refractivity (Wildman–Crippen MR) is 115 cm³/mol. The Morgan fingerprint density at radius 2 is 2.00 bits per heavy atom. The van der Waals surface area contributed by atoms with Crippen molar-refractivity contribution in [1.29, 1.82) is 0 Å². The highest BCUT2D eigenvalue weighted by molar-refractivity contribution is 6.36. The quantitative estimate of drug-likeness (QED) is 0.553. The van der Waals surface area contributed by atoms with Crippen LogP contribution < -0.4 is 15.8 Å². The van der Waals surface area contributed by atoms with Gasteiger partial charge in [0.25, 0.3) is 5.91 Å². The fraction of sp³-hybridized carbons (Fsp3) is 0.190. The molecule has 4 rings (SSSR count). The highest BCUT2D eigenvalue weighted by Gasteiger charge is 2.32. The van der Waals surface area contributed by atoms with E-state index in [1.54, 1.807) is 18.2 Å². The van der Waals surface area contributed by atoms with Crippen molar-refractivity contribution in [2.75, 3.05) is 12.4 Å². The number of nitrogens with one attached hydrogen (secondary N) is 1. The van der Waals surface area contributed by atoms with Crippen LogP contribution in [-0.4, -0.2) is 34.2 Å². The van der Waals surface area contributed by atoms with Gasteiger partial charge in [-0.1, -0.05) is 47.5 Å². The molecule has 0 saturated heterocycles. The predicted octanol–water partition coefficient (Wildman–Crippen LogP) is 3.63. The lowest BCUT2D eigenvalue weighted by Crippen LogP contribution is -2.25. The Bertz CT molecular complexity index is 1140. The third-order valence-corrected chi connectivity index (χ3v) is 5.52. The number of aliphatic hydroxyl groups excluding tert-OH is 1. The van der Waals surface area contributed by atoms with Gasteiger partial charge in [0.15, 0.2) is 11.5 Å². The molecule has 0 aliphatic heterocycles. The molecule has 9 heteroatoms. The Morgan fingerprint density at radius 1 is 1.23 bits per heavy atom. The average Bonchev–Trinajstić information content (AvgIpc) is 3.03. The van der Waals surface area contributed by atoms with Crippen LogP contribution >= 0.6 is 23.2 Å². The van der Waals surface area contributed by atoms with Gasteiger partial charge in [-0.05, 0) is 29.3 Å². The lowest BCUT2D eigenvalue weighted by molar-refractivity contribution is 0.0995. The smallest absolute Gasteiger partial charge is 0.271 e. The molecule has 0 saturated carbocycles. The van der Waals surface area contributed by atoms with Crippen LogP contribution in [0.3, 0.4) is 0 Å². The summed E-state index contributed by atoms with van der Waals surface area (Å²) in [4.78, 5) is 21.0. The van der Waals surface area contributed by atoms with Crippen molar-refractivity contribution >= 4 is 34.9 Å². The third-order valence-electron chi connectivity index (χ3n) is 4.97. The standard InChI is InChI=1S/C21H18Cl2N4O3/c1-30-21-17(13-7-6-11(22)9-14(13)23)25-18(19(24)29)20(27-21)26-16-12-5-3-2-4-10(12)8-15(16)28/h2-7,9,15-16,28H,8H2,1H3,(H2,24,29)(H,26,27)/t15-,16+/m0/s1. The molecule has 7 nitrogen and oxygen atoms in total. The van der Waals surface area contributed by atoms with Gasteiger partial charge in [0.2, 0.25) is 5.88 Å². The van der Waals surface area contributed by atoms with Gasteiger partial charge in [-0.15, -0.1) is 0 Å². The van der Waals surface area contributed by atoms with E-state index in [0.717, 1.165) is 11.1 Å². The first-order valence-electron chi connectivity index (χ1n) is 9.12. The maximum Gasteiger partial charge on any atom is 0.271 e. The molecule has 1 aliphatic carbocycles. The van der Waals surface area contributed by atoms with Gasteiger partial charge in [-0.2, -0.15) is 4.98 Å². The number of carbonyl (C=O) groups is 1. The number of primary amides is 1. The van der Waals surface area contributed by atoms with Crippen LogP contribution in [0.4, 0.5) is 5.82 Å². The molecule has 1 aromatic heterocycles. The fourth-order valence-electron chi connectivity index (χ4n) is 3.59. The molecular formula is C21H18Cl2N4O3. The molecule has 1 amide bonds. The number of carbonyl (C=O) groups excluding carboxylic acids is 1. The molecule has 2 aromatic carbocycles. The molecule has 0 unspecified atom stereocenters. The summed E-state index contributed by atoms with van der Waals surface area (Å²) < 4.78 is 5.40. The Kier molecular flexibility index (Phi) is 5.51. The van der Waals surface area contributed by atoms with Crippen molar-refractivity contribution in [1.82, 2.24) is 9.97 Å². The topological polar surface area (TPSA) is 110 Å². The lowest BCUT2D eigenvalue weighted by Gasteiger charge is -2.21. The number of ether oxygens (including phenoxy) is 1. The molecule has 0 fully saturated rings. The number of nitrogens with two attached hydrogens (primary N) is 1. The number of nitrogens with zero attached hydrogens (tertiary/aromatic N) is 2. The van der Waals surface area contributed by atoms with E-state index in [1.165, 1.54) is 7.11 Å². The summed E-state index contributed by atoms with van der Waals surface area (Å²) in [6, 6.07) is 12.1. The zero-order chi connectivity index (χ0) is 21.4. The molecule has 0 spiro atoms. The molecule has 1 heterocycles. The molecular weight excluding hydrogens is 427 g/mol. The van der Waals surface area contributed by atoms with Crippen LogP contribution in [-0.2, 0) is 6.42 Å². The molecule has 0 bridgehead atoms. The van der Waals surface area contributed by atoms with Crippen LogP contribution in [0.25, 0.3) is 11.3 Å². The Labute approximate surface area is 182 Å². The van der Waals surface area contributed by atoms with E-state index < -0.39 is 18.1 Å². The Morgan fingerprint density at radius 3 is 2.70 bits per heavy atom. The minimum atomic E-state index is -0.778. The van der Waals surface area contributed by atoms with Crippen molar-refractivity contribution in [3.8, 4) is 17.1 Å². The molecule has 1 aliphatic rings. The molecule has 3 aromatic rings. The van der Waals surface area contributed by atoms with Crippen molar-refractivity contribution in [3.63, 3.8) is 0 Å². The van der Waals surface area contributed by atoms with Gasteiger partial charge < -0.3 is 20.9 Å². The van der Waals surface area contributed by atoms with Gasteiger partial charge in [0.05, 0.1) is 24.3 Å². The van der Waals surface area contributed by atoms with Crippen LogP contribution in [0.1, 0.15) is 27.7 Å². The second-order valence-corrected chi connectivity index (χ2v) is 7.70. The highest BCUT2D eigenvalue weighted by Crippen LogP contribution is 2.38. The number of hydrogen-bond acceptors (Lipinski definition) is 6. The first kappa shape index (κ1) is 20.4. The molecule has 30 heavy (non-hydrogen) atoms. The summed E-state index contributed by atoms with van der Waals surface area (Å²) in [5.41, 5.74) is 8.18. The van der Waals surface area contributed by atoms with Crippen LogP contribution in [0.2, 0.25) is 10.0 Å². The van der Waals surface area contributed by atoms with E-state index in [2.05, 4.69) is 15.3 Å². The van der Waals surface area contributed by atoms with Crippen molar-refractivity contribution in [2.24, 2.45) is 5.73 Å². The number of hydrogen-bond donors (Lipinski definition) is 3. The summed E-state index contributed by atoms with van der Waals surface area (Å²) in [7, 11) is 1.44. The number of halogens is 2. The van der Waals surface area contributed by atoms with Crippen molar-refractivity contribution in [2.45, 2.75) is 18.6 Å². The Balaban J connectivity index is 1.80. The molecule has 154 valence electrons. The van der Waals surface area contributed by atoms with Crippen molar-refractivity contribution in [3.05, 3.63) is 69.3 Å². The van der Waals surface area contributed by atoms with Gasteiger partial charge in [0.1, 0.15) is 5.69 Å². The highest BCUT2D eigenvalue weighted by atomic mass is 35.5. The molecule has 2 atom stereocenters. The summed E-state index contributed by atoms with van der Waals surface area (Å²) in [6.45, 7) is 0. The van der Waals surface area contributed by atoms with Crippen LogP contribution in [0.5, 0.6) is 5.88 Å². The van der Waals surface area contributed by atoms with Gasteiger partial charge in [-0.25, -0.2) is 4.98 Å². The first-order valence-corrected chi connectivity index (χ1v) is 9.88. The second kappa shape index (κ2) is 8.10. The maximum absolute atomic E-state index is 12.2. The van der Waals surface area contributed by atoms with Crippen LogP contribution in [0, 0.1) is 0 Å². The summed E-state index contributed by atoms with van der Waals surface area (Å²) in [6.07, 6.45) is -0.204. The number of anilines is 1. The minimum absolute atomic E-state index is 0.0894. The zero-order valence-electron chi connectivity index (χ0n) is 15.9. The summed E-state index contributed by atoms with van der Waals surface area (Å²) >= 11 is 12.3. The summed E-state index contributed by atoms with van der Waals surface area (Å²) in [5, 5.41) is 14.4. The molecule has 0 radical (unpaired) electrons. The largest absolute Gasteiger partial charge is 0.479 e. The Hall–Kier alpha value is -2.87. The summed E-state index contributed by atoms with van der Waals surface area (Å²) in [5.74, 6) is -0.513. The number of aromatic nitrogens is 2. The van der Waals surface area contributed by atoms with E-state index >= 15 is 0 Å². The van der Waals surface area contributed by atoms with Gasteiger partial charge in [-0.3, -0.25) is 4.79 Å². The number of methoxy groups -OCH3 is 1. The number of rotatable bonds is 5. The minimum Gasteiger partial charge on any atom is -0.479 e. The normalized spacial score (nSPS) is 17.5. The number of fused-ring (bicyclic) bond motifs is 1. The number of benzene rings is 2. The second-order valence-electron chi connectivity index (χ2n) is 6.86. The zero-order valence-corrected chi connectivity index (χ0v) is 17.4. The number of amides is 1. The van der Waals surface area contributed by atoms with E-state index in [1.807, 2.05) is 24.3 Å². The van der Waals surface area contributed by atoms with Crippen LogP contribution in [0.15, 0.2) is 42.5 Å². The first-order chi connectivity index (χ1) is 14.4.